The van der Waals surface area contributed by atoms with Gasteiger partial charge in [-0.2, -0.15) is 0 Å². The van der Waals surface area contributed by atoms with Gasteiger partial charge in [0.25, 0.3) is 5.91 Å². The number of para-hydroxylation sites is 1. The number of fused-ring (bicyclic) bond motifs is 4. The number of nitrogens with one attached hydrogen (secondary N) is 2. The highest BCUT2D eigenvalue weighted by atomic mass is 32.1. The lowest BCUT2D eigenvalue weighted by Crippen LogP contribution is -2.44. The molecule has 0 fully saturated rings. The number of hydrogen-bond acceptors (Lipinski definition) is 3. The molecule has 0 saturated carbocycles. The molecule has 1 aromatic heterocycles. The molecular formula is C19H14N4OS. The molecule has 4 N–H and O–H groups in total. The first kappa shape index (κ1) is 15.3. The molecule has 6 heteroatoms. The number of hydrazine groups is 1. The smallest absolute Gasteiger partial charge is 0.270 e. The van der Waals surface area contributed by atoms with Gasteiger partial charge < -0.3 is 5.73 Å². The molecule has 0 aliphatic heterocycles. The molecule has 0 aliphatic carbocycles. The molecule has 1 amide bonds. The van der Waals surface area contributed by atoms with Crippen molar-refractivity contribution in [2.24, 2.45) is 5.73 Å². The summed E-state index contributed by atoms with van der Waals surface area (Å²) in [5, 5.41) is 3.79. The molecule has 0 aliphatic rings. The van der Waals surface area contributed by atoms with E-state index in [-0.39, 0.29) is 11.0 Å². The molecule has 4 aromatic rings. The number of carbonyl (C=O) groups is 1. The number of rotatable bonds is 1. The molecule has 0 unspecified atom stereocenters. The van der Waals surface area contributed by atoms with Crippen LogP contribution in [0.5, 0.6) is 0 Å². The van der Waals surface area contributed by atoms with E-state index in [2.05, 4.69) is 16.9 Å². The van der Waals surface area contributed by atoms with Gasteiger partial charge in [0.15, 0.2) is 5.11 Å². The lowest BCUT2D eigenvalue weighted by Gasteiger charge is -2.11. The average molecular weight is 346 g/mol. The fourth-order valence-corrected chi connectivity index (χ4v) is 3.04. The Labute approximate surface area is 148 Å². The number of benzene rings is 3. The van der Waals surface area contributed by atoms with Gasteiger partial charge in [-0.3, -0.25) is 15.6 Å². The van der Waals surface area contributed by atoms with Crippen molar-refractivity contribution >= 4 is 55.8 Å². The van der Waals surface area contributed by atoms with E-state index in [1.807, 2.05) is 48.5 Å². The van der Waals surface area contributed by atoms with Crippen molar-refractivity contribution in [2.75, 3.05) is 0 Å². The second-order valence-corrected chi connectivity index (χ2v) is 6.11. The second-order valence-electron chi connectivity index (χ2n) is 5.67. The number of pyridine rings is 1. The molecule has 3 aromatic carbocycles. The van der Waals surface area contributed by atoms with Gasteiger partial charge in [-0.1, -0.05) is 42.5 Å². The number of aromatic nitrogens is 1. The van der Waals surface area contributed by atoms with Crippen molar-refractivity contribution in [3.05, 3.63) is 66.2 Å². The van der Waals surface area contributed by atoms with Crippen LogP contribution in [0.2, 0.25) is 0 Å². The van der Waals surface area contributed by atoms with E-state index >= 15 is 0 Å². The first-order valence-corrected chi connectivity index (χ1v) is 8.11. The number of hydrogen-bond donors (Lipinski definition) is 3. The number of nitrogens with two attached hydrogens (primary N) is 1. The molecule has 0 saturated heterocycles. The van der Waals surface area contributed by atoms with E-state index in [9.17, 15) is 4.79 Å². The Bertz CT molecular complexity index is 1160. The highest BCUT2D eigenvalue weighted by molar-refractivity contribution is 7.80. The Morgan fingerprint density at radius 2 is 1.68 bits per heavy atom. The maximum Gasteiger partial charge on any atom is 0.270 e. The molecule has 1 heterocycles. The first-order chi connectivity index (χ1) is 12.1. The quantitative estimate of drug-likeness (QED) is 0.214. The number of thiocarbonyl (C=S) groups is 1. The van der Waals surface area contributed by atoms with Crippen LogP contribution in [-0.4, -0.2) is 16.0 Å². The number of nitrogens with zero attached hydrogens (tertiary/aromatic N) is 1. The van der Waals surface area contributed by atoms with Gasteiger partial charge in [0, 0.05) is 16.2 Å². The lowest BCUT2D eigenvalue weighted by atomic mass is 9.99. The monoisotopic (exact) mass is 346 g/mol. The third kappa shape index (κ3) is 2.72. The maximum absolute atomic E-state index is 12.6. The molecule has 0 spiro atoms. The summed E-state index contributed by atoms with van der Waals surface area (Å²) in [6, 6.07) is 19.6. The molecule has 5 nitrogen and oxygen atoms in total. The van der Waals surface area contributed by atoms with Gasteiger partial charge in [-0.15, -0.1) is 0 Å². The van der Waals surface area contributed by atoms with Gasteiger partial charge >= 0.3 is 0 Å². The molecule has 0 radical (unpaired) electrons. The van der Waals surface area contributed by atoms with Crippen molar-refractivity contribution in [3.63, 3.8) is 0 Å². The Morgan fingerprint density at radius 1 is 0.920 bits per heavy atom. The van der Waals surface area contributed by atoms with E-state index < -0.39 is 0 Å². The molecule has 122 valence electrons. The van der Waals surface area contributed by atoms with Crippen molar-refractivity contribution < 1.29 is 4.79 Å². The van der Waals surface area contributed by atoms with Crippen LogP contribution in [-0.2, 0) is 0 Å². The van der Waals surface area contributed by atoms with Crippen LogP contribution in [0.3, 0.4) is 0 Å². The highest BCUT2D eigenvalue weighted by Crippen LogP contribution is 2.29. The summed E-state index contributed by atoms with van der Waals surface area (Å²) < 4.78 is 0. The van der Waals surface area contributed by atoms with Crippen molar-refractivity contribution in [3.8, 4) is 0 Å². The molecule has 4 rings (SSSR count). The predicted molar refractivity (Wildman–Crippen MR) is 104 cm³/mol. The van der Waals surface area contributed by atoms with Crippen molar-refractivity contribution in [1.82, 2.24) is 15.8 Å². The van der Waals surface area contributed by atoms with E-state index in [4.69, 9.17) is 22.9 Å². The zero-order chi connectivity index (χ0) is 17.4. The number of amides is 1. The Kier molecular flexibility index (Phi) is 3.66. The molecule has 0 bridgehead atoms. The van der Waals surface area contributed by atoms with Gasteiger partial charge in [0.05, 0.1) is 16.6 Å². The summed E-state index contributed by atoms with van der Waals surface area (Å²) in [6.45, 7) is 0. The lowest BCUT2D eigenvalue weighted by molar-refractivity contribution is 0.0945. The normalized spacial score (nSPS) is 10.9. The van der Waals surface area contributed by atoms with Crippen LogP contribution in [0.4, 0.5) is 0 Å². The standard InChI is InChI=1S/C19H14N4OS/c20-19(25)23-22-18(24)14-6-3-5-11-8-9-13-10-12-4-1-2-7-15(12)21-17(13)16(11)14/h1-10H,(H,22,24)(H3,20,23,25). The van der Waals surface area contributed by atoms with E-state index in [0.29, 0.717) is 5.56 Å². The van der Waals surface area contributed by atoms with Crippen LogP contribution >= 0.6 is 12.2 Å². The third-order valence-electron chi connectivity index (χ3n) is 4.07. The van der Waals surface area contributed by atoms with E-state index in [1.54, 1.807) is 6.07 Å². The second kappa shape index (κ2) is 5.99. The van der Waals surface area contributed by atoms with Crippen LogP contribution in [0.1, 0.15) is 10.4 Å². The summed E-state index contributed by atoms with van der Waals surface area (Å²) in [4.78, 5) is 17.3. The van der Waals surface area contributed by atoms with Crippen LogP contribution in [0, 0.1) is 0 Å². The number of carbonyl (C=O) groups excluding carboxylic acids is 1. The topological polar surface area (TPSA) is 80.0 Å². The minimum atomic E-state index is -0.319. The van der Waals surface area contributed by atoms with Crippen molar-refractivity contribution in [2.45, 2.75) is 0 Å². The van der Waals surface area contributed by atoms with Crippen LogP contribution in [0.25, 0.3) is 32.6 Å². The molecular weight excluding hydrogens is 332 g/mol. The minimum Gasteiger partial charge on any atom is -0.375 e. The summed E-state index contributed by atoms with van der Waals surface area (Å²) >= 11 is 4.73. The summed E-state index contributed by atoms with van der Waals surface area (Å²) in [7, 11) is 0. The van der Waals surface area contributed by atoms with Gasteiger partial charge in [0.1, 0.15) is 0 Å². The highest BCUT2D eigenvalue weighted by Gasteiger charge is 2.14. The minimum absolute atomic E-state index is 0.00237. The van der Waals surface area contributed by atoms with Gasteiger partial charge in [0.2, 0.25) is 0 Å². The van der Waals surface area contributed by atoms with E-state index in [1.165, 1.54) is 0 Å². The average Bonchev–Trinajstić information content (AvgIpc) is 2.63. The first-order valence-electron chi connectivity index (χ1n) is 7.70. The fourth-order valence-electron chi connectivity index (χ4n) is 2.99. The molecule has 25 heavy (non-hydrogen) atoms. The third-order valence-corrected chi connectivity index (χ3v) is 4.18. The maximum atomic E-state index is 12.6. The summed E-state index contributed by atoms with van der Waals surface area (Å²) in [5.41, 5.74) is 12.5. The Morgan fingerprint density at radius 3 is 2.52 bits per heavy atom. The Balaban J connectivity index is 2.00. The van der Waals surface area contributed by atoms with Crippen LogP contribution in [0.15, 0.2) is 60.7 Å². The molecule has 0 atom stereocenters. The van der Waals surface area contributed by atoms with Crippen molar-refractivity contribution in [1.29, 1.82) is 0 Å². The largest absolute Gasteiger partial charge is 0.375 e. The summed E-state index contributed by atoms with van der Waals surface area (Å²) in [5.74, 6) is -0.319. The zero-order valence-electron chi connectivity index (χ0n) is 13.1. The zero-order valence-corrected chi connectivity index (χ0v) is 13.9. The van der Waals surface area contributed by atoms with Gasteiger partial charge in [-0.25, -0.2) is 4.98 Å². The van der Waals surface area contributed by atoms with E-state index in [0.717, 1.165) is 32.6 Å². The SMILES string of the molecule is NC(=S)NNC(=O)c1cccc2ccc3cc4ccccc4nc3c12. The predicted octanol–water partition coefficient (Wildman–Crippen LogP) is 3.02. The Hall–Kier alpha value is -3.25. The van der Waals surface area contributed by atoms with Gasteiger partial charge in [-0.05, 0) is 35.8 Å². The summed E-state index contributed by atoms with van der Waals surface area (Å²) in [6.07, 6.45) is 0. The fraction of sp³-hybridized carbons (Fsp3) is 0. The van der Waals surface area contributed by atoms with Crippen LogP contribution < -0.4 is 16.6 Å².